The lowest BCUT2D eigenvalue weighted by Crippen LogP contribution is -2.25. The lowest BCUT2D eigenvalue weighted by Gasteiger charge is -2.21. The molecule has 0 aliphatic heterocycles. The number of halogens is 1. The van der Waals surface area contributed by atoms with E-state index in [0.29, 0.717) is 0 Å². The first kappa shape index (κ1) is 13.1. The summed E-state index contributed by atoms with van der Waals surface area (Å²) in [5.74, 6) is -0.181. The summed E-state index contributed by atoms with van der Waals surface area (Å²) < 4.78 is 12.9. The van der Waals surface area contributed by atoms with E-state index in [1.54, 1.807) is 6.07 Å². The van der Waals surface area contributed by atoms with Crippen molar-refractivity contribution in [1.29, 1.82) is 0 Å². The highest BCUT2D eigenvalue weighted by atomic mass is 19.1. The maximum absolute atomic E-state index is 12.9. The van der Waals surface area contributed by atoms with Crippen LogP contribution in [0.5, 0.6) is 0 Å². The SMILES string of the molecule is CCN(CCCO)Cc1ccc(F)cc1C. The van der Waals surface area contributed by atoms with E-state index in [2.05, 4.69) is 11.8 Å². The number of rotatable bonds is 6. The molecule has 1 rings (SSSR count). The van der Waals surface area contributed by atoms with Gasteiger partial charge in [-0.1, -0.05) is 13.0 Å². The van der Waals surface area contributed by atoms with Crippen LogP contribution >= 0.6 is 0 Å². The van der Waals surface area contributed by atoms with Gasteiger partial charge in [-0.2, -0.15) is 0 Å². The van der Waals surface area contributed by atoms with E-state index in [-0.39, 0.29) is 12.4 Å². The van der Waals surface area contributed by atoms with Crippen molar-refractivity contribution in [3.63, 3.8) is 0 Å². The average molecular weight is 225 g/mol. The molecule has 0 aliphatic rings. The summed E-state index contributed by atoms with van der Waals surface area (Å²) in [6.45, 7) is 6.89. The molecule has 0 radical (unpaired) electrons. The fourth-order valence-corrected chi connectivity index (χ4v) is 1.72. The largest absolute Gasteiger partial charge is 0.396 e. The summed E-state index contributed by atoms with van der Waals surface area (Å²) in [4.78, 5) is 2.25. The maximum atomic E-state index is 12.9. The average Bonchev–Trinajstić information content (AvgIpc) is 2.27. The Labute approximate surface area is 96.7 Å². The van der Waals surface area contributed by atoms with E-state index >= 15 is 0 Å². The minimum Gasteiger partial charge on any atom is -0.396 e. The van der Waals surface area contributed by atoms with E-state index in [1.807, 2.05) is 13.0 Å². The zero-order chi connectivity index (χ0) is 12.0. The Morgan fingerprint density at radius 1 is 1.38 bits per heavy atom. The molecule has 0 bridgehead atoms. The number of hydrogen-bond acceptors (Lipinski definition) is 2. The van der Waals surface area contributed by atoms with Crippen molar-refractivity contribution in [3.05, 3.63) is 35.1 Å². The van der Waals surface area contributed by atoms with Crippen molar-refractivity contribution < 1.29 is 9.50 Å². The summed E-state index contributed by atoms with van der Waals surface area (Å²) in [5, 5.41) is 8.79. The summed E-state index contributed by atoms with van der Waals surface area (Å²) in [6, 6.07) is 4.91. The smallest absolute Gasteiger partial charge is 0.123 e. The third-order valence-electron chi connectivity index (χ3n) is 2.78. The fraction of sp³-hybridized carbons (Fsp3) is 0.538. The molecule has 90 valence electrons. The minimum absolute atomic E-state index is 0.181. The third kappa shape index (κ3) is 3.91. The first-order valence-corrected chi connectivity index (χ1v) is 5.75. The van der Waals surface area contributed by atoms with Crippen molar-refractivity contribution in [1.82, 2.24) is 4.90 Å². The van der Waals surface area contributed by atoms with Crippen LogP contribution in [0.25, 0.3) is 0 Å². The molecule has 0 heterocycles. The second kappa shape index (κ2) is 6.61. The van der Waals surface area contributed by atoms with Gasteiger partial charge >= 0.3 is 0 Å². The number of aryl methyl sites for hydroxylation is 1. The van der Waals surface area contributed by atoms with Gasteiger partial charge in [0.25, 0.3) is 0 Å². The van der Waals surface area contributed by atoms with Crippen LogP contribution in [-0.4, -0.2) is 29.7 Å². The third-order valence-corrected chi connectivity index (χ3v) is 2.78. The standard InChI is InChI=1S/C13H20FNO/c1-3-15(7-4-8-16)10-12-5-6-13(14)9-11(12)2/h5-6,9,16H,3-4,7-8,10H2,1-2H3. The van der Waals surface area contributed by atoms with E-state index in [9.17, 15) is 4.39 Å². The van der Waals surface area contributed by atoms with Gasteiger partial charge in [0.1, 0.15) is 5.82 Å². The molecule has 0 saturated carbocycles. The molecule has 1 N–H and O–H groups in total. The highest BCUT2D eigenvalue weighted by molar-refractivity contribution is 5.26. The van der Waals surface area contributed by atoms with Gasteiger partial charge in [0.05, 0.1) is 0 Å². The number of aliphatic hydroxyl groups is 1. The Balaban J connectivity index is 2.62. The molecule has 1 aromatic carbocycles. The highest BCUT2D eigenvalue weighted by Gasteiger charge is 2.06. The van der Waals surface area contributed by atoms with Crippen LogP contribution < -0.4 is 0 Å². The summed E-state index contributed by atoms with van der Waals surface area (Å²) in [7, 11) is 0. The normalized spacial score (nSPS) is 11.1. The number of benzene rings is 1. The molecule has 0 aliphatic carbocycles. The van der Waals surface area contributed by atoms with Crippen molar-refractivity contribution in [2.75, 3.05) is 19.7 Å². The number of hydrogen-bond donors (Lipinski definition) is 1. The quantitative estimate of drug-likeness (QED) is 0.803. The van der Waals surface area contributed by atoms with Crippen LogP contribution in [0.2, 0.25) is 0 Å². The van der Waals surface area contributed by atoms with Gasteiger partial charge in [-0.15, -0.1) is 0 Å². The molecule has 0 spiro atoms. The van der Waals surface area contributed by atoms with Gasteiger partial charge in [-0.25, -0.2) is 4.39 Å². The number of nitrogens with zero attached hydrogens (tertiary/aromatic N) is 1. The van der Waals surface area contributed by atoms with Gasteiger partial charge in [-0.05, 0) is 43.1 Å². The van der Waals surface area contributed by atoms with Crippen molar-refractivity contribution >= 4 is 0 Å². The lowest BCUT2D eigenvalue weighted by molar-refractivity contribution is 0.225. The predicted molar refractivity (Wildman–Crippen MR) is 63.8 cm³/mol. The van der Waals surface area contributed by atoms with E-state index in [1.165, 1.54) is 6.07 Å². The van der Waals surface area contributed by atoms with Gasteiger partial charge in [0, 0.05) is 19.7 Å². The van der Waals surface area contributed by atoms with Gasteiger partial charge in [0.2, 0.25) is 0 Å². The van der Waals surface area contributed by atoms with Gasteiger partial charge in [0.15, 0.2) is 0 Å². The second-order valence-corrected chi connectivity index (χ2v) is 4.02. The van der Waals surface area contributed by atoms with Crippen LogP contribution in [0.3, 0.4) is 0 Å². The van der Waals surface area contributed by atoms with E-state index in [0.717, 1.165) is 37.2 Å². The summed E-state index contributed by atoms with van der Waals surface area (Å²) in [5.41, 5.74) is 2.14. The Kier molecular flexibility index (Phi) is 5.43. The van der Waals surface area contributed by atoms with Crippen LogP contribution in [-0.2, 0) is 6.54 Å². The lowest BCUT2D eigenvalue weighted by atomic mass is 10.1. The van der Waals surface area contributed by atoms with Crippen molar-refractivity contribution in [2.45, 2.75) is 26.8 Å². The molecule has 2 nitrogen and oxygen atoms in total. The Morgan fingerprint density at radius 2 is 2.12 bits per heavy atom. The molecule has 1 aromatic rings. The molecular formula is C13H20FNO. The zero-order valence-corrected chi connectivity index (χ0v) is 10.0. The molecule has 0 unspecified atom stereocenters. The maximum Gasteiger partial charge on any atom is 0.123 e. The Bertz CT molecular complexity index is 328. The molecular weight excluding hydrogens is 205 g/mol. The topological polar surface area (TPSA) is 23.5 Å². The Hall–Kier alpha value is -0.930. The van der Waals surface area contributed by atoms with Crippen LogP contribution in [0.15, 0.2) is 18.2 Å². The van der Waals surface area contributed by atoms with E-state index in [4.69, 9.17) is 5.11 Å². The minimum atomic E-state index is -0.181. The zero-order valence-electron chi connectivity index (χ0n) is 10.0. The van der Waals surface area contributed by atoms with Gasteiger partial charge in [-0.3, -0.25) is 4.90 Å². The van der Waals surface area contributed by atoms with Crippen molar-refractivity contribution in [3.8, 4) is 0 Å². The summed E-state index contributed by atoms with van der Waals surface area (Å²) >= 11 is 0. The van der Waals surface area contributed by atoms with Crippen molar-refractivity contribution in [2.24, 2.45) is 0 Å². The fourth-order valence-electron chi connectivity index (χ4n) is 1.72. The highest BCUT2D eigenvalue weighted by Crippen LogP contribution is 2.12. The predicted octanol–water partition coefficient (Wildman–Crippen LogP) is 2.34. The molecule has 3 heteroatoms. The molecule has 0 saturated heterocycles. The molecule has 0 atom stereocenters. The number of aliphatic hydroxyl groups excluding tert-OH is 1. The van der Waals surface area contributed by atoms with Crippen LogP contribution in [0.4, 0.5) is 4.39 Å². The molecule has 16 heavy (non-hydrogen) atoms. The molecule has 0 amide bonds. The van der Waals surface area contributed by atoms with E-state index < -0.39 is 0 Å². The first-order valence-electron chi connectivity index (χ1n) is 5.75. The first-order chi connectivity index (χ1) is 7.67. The van der Waals surface area contributed by atoms with Gasteiger partial charge < -0.3 is 5.11 Å². The monoisotopic (exact) mass is 225 g/mol. The second-order valence-electron chi connectivity index (χ2n) is 4.02. The van der Waals surface area contributed by atoms with Crippen LogP contribution in [0, 0.1) is 12.7 Å². The molecule has 0 aromatic heterocycles. The summed E-state index contributed by atoms with van der Waals surface area (Å²) in [6.07, 6.45) is 0.786. The van der Waals surface area contributed by atoms with Crippen LogP contribution in [0.1, 0.15) is 24.5 Å². The molecule has 0 fully saturated rings. The Morgan fingerprint density at radius 3 is 2.69 bits per heavy atom.